The fourth-order valence-corrected chi connectivity index (χ4v) is 2.13. The van der Waals surface area contributed by atoms with Crippen molar-refractivity contribution in [1.29, 1.82) is 0 Å². The summed E-state index contributed by atoms with van der Waals surface area (Å²) >= 11 is 0. The van der Waals surface area contributed by atoms with Crippen molar-refractivity contribution in [2.45, 2.75) is 27.7 Å². The quantitative estimate of drug-likeness (QED) is 0.756. The molecule has 0 saturated heterocycles. The van der Waals surface area contributed by atoms with Gasteiger partial charge in [-0.15, -0.1) is 40.8 Å². The minimum atomic E-state index is 0. The van der Waals surface area contributed by atoms with E-state index in [1.807, 2.05) is 39.8 Å². The summed E-state index contributed by atoms with van der Waals surface area (Å²) < 4.78 is 0. The van der Waals surface area contributed by atoms with Crippen molar-refractivity contribution in [2.75, 3.05) is 0 Å². The molecule has 0 aromatic heterocycles. The van der Waals surface area contributed by atoms with Gasteiger partial charge in [-0.3, -0.25) is 0 Å². The van der Waals surface area contributed by atoms with Gasteiger partial charge >= 0.3 is 0 Å². The Labute approximate surface area is 153 Å². The van der Waals surface area contributed by atoms with Crippen LogP contribution in [0.3, 0.4) is 0 Å². The molecule has 0 unspecified atom stereocenters. The van der Waals surface area contributed by atoms with Gasteiger partial charge in [0.1, 0.15) is 11.5 Å². The van der Waals surface area contributed by atoms with Crippen LogP contribution in [0, 0.1) is 75.4 Å². The average Bonchev–Trinajstić information content (AvgIpc) is 2.32. The maximum atomic E-state index is 9.68. The first-order valence-corrected chi connectivity index (χ1v) is 6.33. The third-order valence-corrected chi connectivity index (χ3v) is 3.48. The largest absolute Gasteiger partial charge is 0.509 e. The van der Waals surface area contributed by atoms with Crippen molar-refractivity contribution in [3.63, 3.8) is 0 Å². The van der Waals surface area contributed by atoms with Crippen molar-refractivity contribution >= 4 is 0 Å². The molecular weight excluding hydrogens is 377 g/mol. The number of aromatic hydroxyl groups is 2. The number of rotatable bonds is 2. The fourth-order valence-electron chi connectivity index (χ4n) is 2.13. The molecule has 0 fully saturated rings. The summed E-state index contributed by atoms with van der Waals surface area (Å²) in [6.45, 7) is 7.74. The molecule has 0 aliphatic carbocycles. The molecule has 2 N–H and O–H groups in total. The fraction of sp³-hybridized carbons (Fsp3) is 0.235. The van der Waals surface area contributed by atoms with E-state index < -0.39 is 0 Å². The molecule has 0 heterocycles. The molecule has 2 nitrogen and oxygen atoms in total. The number of benzene rings is 2. The molecule has 20 heavy (non-hydrogen) atoms. The van der Waals surface area contributed by atoms with Gasteiger partial charge in [0.05, 0.1) is 0 Å². The predicted octanol–water partition coefficient (Wildman–Crippen LogP) is 3.93. The first-order chi connectivity index (χ1) is 8.88. The Morgan fingerprint density at radius 2 is 1.00 bits per heavy atom. The van der Waals surface area contributed by atoms with E-state index in [2.05, 4.69) is 6.42 Å². The number of hydrogen-bond donors (Lipinski definition) is 2. The molecule has 0 aliphatic heterocycles. The van der Waals surface area contributed by atoms with Crippen LogP contribution in [-0.4, -0.2) is 10.2 Å². The molecule has 0 aliphatic rings. The van der Waals surface area contributed by atoms with E-state index in [9.17, 15) is 10.2 Å². The second-order valence-corrected chi connectivity index (χ2v) is 5.13. The number of hydrogen-bond acceptors (Lipinski definition) is 2. The van der Waals surface area contributed by atoms with Gasteiger partial charge in [0.25, 0.3) is 0 Å². The van der Waals surface area contributed by atoms with E-state index in [0.29, 0.717) is 11.5 Å². The van der Waals surface area contributed by atoms with Crippen molar-refractivity contribution < 1.29 is 51.5 Å². The molecule has 3 heteroatoms. The van der Waals surface area contributed by atoms with Crippen molar-refractivity contribution in [3.8, 4) is 11.5 Å². The van der Waals surface area contributed by atoms with Gasteiger partial charge in [-0.05, 0) is 25.0 Å². The Kier molecular flexibility index (Phi) is 5.91. The third-order valence-electron chi connectivity index (χ3n) is 3.48. The van der Waals surface area contributed by atoms with Gasteiger partial charge in [-0.25, -0.2) is 0 Å². The van der Waals surface area contributed by atoms with Crippen LogP contribution in [0.5, 0.6) is 11.5 Å². The van der Waals surface area contributed by atoms with E-state index in [1.165, 1.54) is 0 Å². The molecule has 0 amide bonds. The van der Waals surface area contributed by atoms with Crippen LogP contribution in [0.25, 0.3) is 0 Å². The zero-order valence-electron chi connectivity index (χ0n) is 12.4. The summed E-state index contributed by atoms with van der Waals surface area (Å²) in [5.41, 5.74) is 5.98. The van der Waals surface area contributed by atoms with Crippen LogP contribution in [0.1, 0.15) is 33.4 Å². The minimum Gasteiger partial charge on any atom is -0.509 e. The zero-order chi connectivity index (χ0) is 14.2. The molecule has 2 aromatic carbocycles. The van der Waals surface area contributed by atoms with Crippen LogP contribution >= 0.6 is 0 Å². The standard InChI is InChI=1S/C17H19O2.Pr/c1-10-7-16(18)12(3)5-14(10)9-15-6-13(4)17(19)8-11(15)2;/h5-9,18-19H,1-4H3;/q-1;. The number of phenols is 2. The zero-order valence-corrected chi connectivity index (χ0v) is 16.1. The molecule has 1 radical (unpaired) electrons. The normalized spacial score (nSPS) is 10.0. The van der Waals surface area contributed by atoms with Gasteiger partial charge in [0.15, 0.2) is 0 Å². The van der Waals surface area contributed by atoms with Crippen LogP contribution < -0.4 is 0 Å². The average molecular weight is 396 g/mol. The van der Waals surface area contributed by atoms with Crippen LogP contribution in [-0.2, 0) is 0 Å². The van der Waals surface area contributed by atoms with Gasteiger partial charge < -0.3 is 10.2 Å². The van der Waals surface area contributed by atoms with Crippen molar-refractivity contribution in [2.24, 2.45) is 0 Å². The van der Waals surface area contributed by atoms with Gasteiger partial charge in [0.2, 0.25) is 0 Å². The van der Waals surface area contributed by atoms with E-state index in [4.69, 9.17) is 0 Å². The van der Waals surface area contributed by atoms with Crippen molar-refractivity contribution in [1.82, 2.24) is 0 Å². The second-order valence-electron chi connectivity index (χ2n) is 5.13. The molecule has 0 bridgehead atoms. The second kappa shape index (κ2) is 6.82. The van der Waals surface area contributed by atoms with Crippen LogP contribution in [0.2, 0.25) is 0 Å². The maximum absolute atomic E-state index is 9.68. The van der Waals surface area contributed by atoms with E-state index >= 15 is 0 Å². The Morgan fingerprint density at radius 3 is 1.35 bits per heavy atom. The Morgan fingerprint density at radius 1 is 0.650 bits per heavy atom. The van der Waals surface area contributed by atoms with Crippen molar-refractivity contribution in [3.05, 3.63) is 64.1 Å². The predicted molar refractivity (Wildman–Crippen MR) is 77.7 cm³/mol. The van der Waals surface area contributed by atoms with Crippen LogP contribution in [0.4, 0.5) is 0 Å². The topological polar surface area (TPSA) is 40.5 Å². The summed E-state index contributed by atoms with van der Waals surface area (Å²) in [4.78, 5) is 0. The summed E-state index contributed by atoms with van der Waals surface area (Å²) in [5.74, 6) is 0.654. The maximum Gasteiger partial charge on any atom is 0.104 e. The number of aryl methyl sites for hydroxylation is 4. The van der Waals surface area contributed by atoms with E-state index in [-0.39, 0.29) is 41.3 Å². The molecule has 0 saturated carbocycles. The van der Waals surface area contributed by atoms with Crippen LogP contribution in [0.15, 0.2) is 24.3 Å². The first-order valence-electron chi connectivity index (χ1n) is 6.33. The molecule has 2 rings (SSSR count). The Balaban J connectivity index is 0.00000200. The SMILES string of the molecule is Cc1cc([CH-]c2cc(C)c(O)cc2C)c(C)cc1O.[Pr]. The molecular formula is C17H19O2Pr-. The number of phenolic OH excluding ortho intramolecular Hbond substituents is 2. The monoisotopic (exact) mass is 396 g/mol. The van der Waals surface area contributed by atoms with Gasteiger partial charge in [0, 0.05) is 41.3 Å². The molecule has 103 valence electrons. The molecule has 2 aromatic rings. The summed E-state index contributed by atoms with van der Waals surface area (Å²) in [6.07, 6.45) is 2.09. The van der Waals surface area contributed by atoms with E-state index in [1.54, 1.807) is 12.1 Å². The first kappa shape index (κ1) is 17.3. The molecule has 0 atom stereocenters. The minimum absolute atomic E-state index is 0. The Hall–Kier alpha value is -0.726. The summed E-state index contributed by atoms with van der Waals surface area (Å²) in [7, 11) is 0. The Bertz CT molecular complexity index is 578. The third kappa shape index (κ3) is 3.68. The smallest absolute Gasteiger partial charge is 0.104 e. The summed E-state index contributed by atoms with van der Waals surface area (Å²) in [6, 6.07) is 7.52. The summed E-state index contributed by atoms with van der Waals surface area (Å²) in [5, 5.41) is 19.4. The molecule has 0 spiro atoms. The van der Waals surface area contributed by atoms with E-state index in [0.717, 1.165) is 33.4 Å². The van der Waals surface area contributed by atoms with Gasteiger partial charge in [-0.1, -0.05) is 26.0 Å². The van der Waals surface area contributed by atoms with Gasteiger partial charge in [-0.2, -0.15) is 0 Å².